The summed E-state index contributed by atoms with van der Waals surface area (Å²) in [4.78, 5) is 11.3. The van der Waals surface area contributed by atoms with Gasteiger partial charge in [0.1, 0.15) is 0 Å². The van der Waals surface area contributed by atoms with Crippen molar-refractivity contribution in [1.82, 2.24) is 0 Å². The molecule has 0 aromatic carbocycles. The number of hydrogen-bond acceptors (Lipinski definition) is 1. The molecule has 0 radical (unpaired) electrons. The third-order valence-corrected chi connectivity index (χ3v) is 1.86. The van der Waals surface area contributed by atoms with E-state index < -0.39 is 0 Å². The van der Waals surface area contributed by atoms with Crippen LogP contribution in [-0.4, -0.2) is 5.78 Å². The summed E-state index contributed by atoms with van der Waals surface area (Å²) in [5.41, 5.74) is 0. The molecular weight excluding hydrogens is 220 g/mol. The number of carbonyl (C=O) groups excluding carboxylic acids is 1. The zero-order valence-electron chi connectivity index (χ0n) is 10.8. The number of unbranched alkanes of at least 4 members (excludes halogenated alkanes) is 1. The smallest absolute Gasteiger partial charge is 0.155 e. The van der Waals surface area contributed by atoms with E-state index in [2.05, 4.69) is 30.3 Å². The second kappa shape index (κ2) is 12.8. The molecule has 0 spiro atoms. The van der Waals surface area contributed by atoms with E-state index in [1.807, 2.05) is 19.1 Å². The van der Waals surface area contributed by atoms with Gasteiger partial charge in [-0.15, -0.1) is 6.58 Å². The van der Waals surface area contributed by atoms with Crippen molar-refractivity contribution in [3.8, 4) is 23.7 Å². The van der Waals surface area contributed by atoms with Gasteiger partial charge in [0.2, 0.25) is 0 Å². The summed E-state index contributed by atoms with van der Waals surface area (Å²) in [7, 11) is 0. The maximum Gasteiger partial charge on any atom is 0.155 e. The van der Waals surface area contributed by atoms with Gasteiger partial charge in [-0.2, -0.15) is 0 Å². The minimum atomic E-state index is 0.127. The van der Waals surface area contributed by atoms with Crippen LogP contribution in [0.2, 0.25) is 0 Å². The zero-order valence-corrected chi connectivity index (χ0v) is 10.8. The minimum Gasteiger partial charge on any atom is -0.295 e. The van der Waals surface area contributed by atoms with Crippen molar-refractivity contribution in [3.05, 3.63) is 49.1 Å². The van der Waals surface area contributed by atoms with Crippen LogP contribution in [0.25, 0.3) is 0 Å². The molecule has 0 aromatic rings. The molecule has 0 aliphatic carbocycles. The Morgan fingerprint density at radius 2 is 1.89 bits per heavy atom. The predicted molar refractivity (Wildman–Crippen MR) is 77.7 cm³/mol. The summed E-state index contributed by atoms with van der Waals surface area (Å²) in [6.07, 6.45) is 14.4. The van der Waals surface area contributed by atoms with Crippen LogP contribution in [0.4, 0.5) is 0 Å². The lowest BCUT2D eigenvalue weighted by atomic mass is 10.1. The van der Waals surface area contributed by atoms with Crippen LogP contribution < -0.4 is 0 Å². The fraction of sp³-hybridized carbons (Fsp3) is 0.235. The Balaban J connectivity index is 3.91. The van der Waals surface area contributed by atoms with Crippen LogP contribution >= 0.6 is 0 Å². The molecule has 0 bridgehead atoms. The zero-order chi connectivity index (χ0) is 13.5. The molecule has 1 heteroatoms. The quantitative estimate of drug-likeness (QED) is 0.227. The fourth-order valence-corrected chi connectivity index (χ4v) is 1.01. The number of ketones is 1. The second-order valence-corrected chi connectivity index (χ2v) is 3.40. The average Bonchev–Trinajstić information content (AvgIpc) is 2.37. The first kappa shape index (κ1) is 15.8. The molecule has 0 heterocycles. The van der Waals surface area contributed by atoms with Crippen LogP contribution in [0, 0.1) is 23.7 Å². The fourth-order valence-electron chi connectivity index (χ4n) is 1.01. The van der Waals surface area contributed by atoms with Gasteiger partial charge in [0, 0.05) is 6.42 Å². The topological polar surface area (TPSA) is 17.1 Å². The monoisotopic (exact) mass is 238 g/mol. The first-order chi connectivity index (χ1) is 8.81. The maximum atomic E-state index is 11.3. The summed E-state index contributed by atoms with van der Waals surface area (Å²) >= 11 is 0. The van der Waals surface area contributed by atoms with Gasteiger partial charge in [-0.25, -0.2) is 0 Å². The predicted octanol–water partition coefficient (Wildman–Crippen LogP) is 3.61. The van der Waals surface area contributed by atoms with Gasteiger partial charge in [-0.1, -0.05) is 36.1 Å². The Morgan fingerprint density at radius 3 is 2.56 bits per heavy atom. The van der Waals surface area contributed by atoms with Crippen molar-refractivity contribution < 1.29 is 4.79 Å². The third-order valence-electron chi connectivity index (χ3n) is 1.86. The van der Waals surface area contributed by atoms with Gasteiger partial charge in [-0.3, -0.25) is 4.79 Å². The Hall–Kier alpha value is -2.25. The normalized spacial score (nSPS) is 10.1. The lowest BCUT2D eigenvalue weighted by molar-refractivity contribution is -0.114. The minimum absolute atomic E-state index is 0.127. The van der Waals surface area contributed by atoms with Gasteiger partial charge in [0.25, 0.3) is 0 Å². The van der Waals surface area contributed by atoms with E-state index in [0.29, 0.717) is 6.42 Å². The van der Waals surface area contributed by atoms with E-state index in [-0.39, 0.29) is 5.78 Å². The molecule has 0 rings (SSSR count). The summed E-state index contributed by atoms with van der Waals surface area (Å²) in [6.45, 7) is 5.51. The Kier molecular flexibility index (Phi) is 11.2. The second-order valence-electron chi connectivity index (χ2n) is 3.40. The molecule has 0 aliphatic rings. The summed E-state index contributed by atoms with van der Waals surface area (Å²) in [6, 6.07) is 0. The van der Waals surface area contributed by atoms with Crippen LogP contribution in [0.5, 0.6) is 0 Å². The molecule has 0 aromatic heterocycles. The Morgan fingerprint density at radius 1 is 1.17 bits per heavy atom. The van der Waals surface area contributed by atoms with Crippen molar-refractivity contribution >= 4 is 5.78 Å². The SMILES string of the molecule is C=CCCCC(=O)C=CC=CC#CC#CC=CC. The molecular formula is C17H18O. The number of rotatable bonds is 6. The highest BCUT2D eigenvalue weighted by atomic mass is 16.1. The van der Waals surface area contributed by atoms with Crippen molar-refractivity contribution in [1.29, 1.82) is 0 Å². The molecule has 0 saturated carbocycles. The van der Waals surface area contributed by atoms with Crippen LogP contribution in [0.3, 0.4) is 0 Å². The Labute approximate surface area is 110 Å². The molecule has 0 aliphatic heterocycles. The van der Waals surface area contributed by atoms with Crippen molar-refractivity contribution in [2.75, 3.05) is 0 Å². The molecule has 0 N–H and O–H groups in total. The number of allylic oxidation sites excluding steroid dienone is 7. The number of carbonyl (C=O) groups is 1. The van der Waals surface area contributed by atoms with Gasteiger partial charge < -0.3 is 0 Å². The molecule has 0 saturated heterocycles. The highest BCUT2D eigenvalue weighted by Gasteiger charge is 1.93. The maximum absolute atomic E-state index is 11.3. The van der Waals surface area contributed by atoms with E-state index in [0.717, 1.165) is 12.8 Å². The molecule has 92 valence electrons. The summed E-state index contributed by atoms with van der Waals surface area (Å²) < 4.78 is 0. The lowest BCUT2D eigenvalue weighted by Gasteiger charge is -1.90. The molecule has 0 atom stereocenters. The van der Waals surface area contributed by atoms with E-state index in [1.165, 1.54) is 0 Å². The van der Waals surface area contributed by atoms with Crippen molar-refractivity contribution in [2.45, 2.75) is 26.2 Å². The van der Waals surface area contributed by atoms with Gasteiger partial charge >= 0.3 is 0 Å². The molecule has 0 amide bonds. The molecule has 0 fully saturated rings. The van der Waals surface area contributed by atoms with Crippen molar-refractivity contribution in [3.63, 3.8) is 0 Å². The highest BCUT2D eigenvalue weighted by Crippen LogP contribution is 1.97. The van der Waals surface area contributed by atoms with Crippen LogP contribution in [-0.2, 0) is 4.79 Å². The van der Waals surface area contributed by atoms with E-state index in [4.69, 9.17) is 0 Å². The molecule has 0 unspecified atom stereocenters. The van der Waals surface area contributed by atoms with Gasteiger partial charge in [0.05, 0.1) is 0 Å². The largest absolute Gasteiger partial charge is 0.295 e. The van der Waals surface area contributed by atoms with Crippen LogP contribution in [0.15, 0.2) is 49.1 Å². The van der Waals surface area contributed by atoms with Gasteiger partial charge in [-0.05, 0) is 49.8 Å². The van der Waals surface area contributed by atoms with Crippen molar-refractivity contribution in [2.24, 2.45) is 0 Å². The first-order valence-electron chi connectivity index (χ1n) is 5.90. The summed E-state index contributed by atoms with van der Waals surface area (Å²) in [5, 5.41) is 0. The molecule has 1 nitrogen and oxygen atoms in total. The number of hydrogen-bond donors (Lipinski definition) is 0. The lowest BCUT2D eigenvalue weighted by Crippen LogP contribution is -1.90. The third kappa shape index (κ3) is 11.8. The van der Waals surface area contributed by atoms with Gasteiger partial charge in [0.15, 0.2) is 5.78 Å². The van der Waals surface area contributed by atoms with Crippen LogP contribution in [0.1, 0.15) is 26.2 Å². The summed E-state index contributed by atoms with van der Waals surface area (Å²) in [5.74, 6) is 11.0. The average molecular weight is 238 g/mol. The Bertz CT molecular complexity index is 453. The highest BCUT2D eigenvalue weighted by molar-refractivity contribution is 5.89. The van der Waals surface area contributed by atoms with E-state index >= 15 is 0 Å². The van der Waals surface area contributed by atoms with E-state index in [9.17, 15) is 4.79 Å². The molecule has 18 heavy (non-hydrogen) atoms. The standard InChI is InChI=1S/C17H18O/c1-3-5-7-8-9-10-11-12-14-16-17(18)15-13-6-4-2/h3-5,11-12,14,16H,2,6,13,15H2,1H3. The first-order valence-corrected chi connectivity index (χ1v) is 5.90. The van der Waals surface area contributed by atoms with E-state index in [1.54, 1.807) is 30.4 Å².